The van der Waals surface area contributed by atoms with Crippen LogP contribution < -0.4 is 0 Å². The van der Waals surface area contributed by atoms with Crippen LogP contribution in [-0.2, 0) is 0 Å². The van der Waals surface area contributed by atoms with Crippen molar-refractivity contribution in [3.05, 3.63) is 42.2 Å². The highest BCUT2D eigenvalue weighted by atomic mass is 14.7. The molecule has 0 radical (unpaired) electrons. The summed E-state index contributed by atoms with van der Waals surface area (Å²) in [5, 5.41) is 2.35. The van der Waals surface area contributed by atoms with Crippen molar-refractivity contribution in [2.45, 2.75) is 26.2 Å². The van der Waals surface area contributed by atoms with Gasteiger partial charge >= 0.3 is 0 Å². The maximum Gasteiger partial charge on any atom is 0.120 e. The van der Waals surface area contributed by atoms with Crippen LogP contribution in [0.3, 0.4) is 0 Å². The van der Waals surface area contributed by atoms with E-state index < -0.39 is 0 Å². The van der Waals surface area contributed by atoms with Gasteiger partial charge in [0.25, 0.3) is 0 Å². The summed E-state index contributed by atoms with van der Waals surface area (Å²) in [6, 6.07) is 10.3. The Labute approximate surface area is 96.5 Å². The van der Waals surface area contributed by atoms with Crippen molar-refractivity contribution in [2.75, 3.05) is 0 Å². The van der Waals surface area contributed by atoms with E-state index in [1.54, 1.807) is 0 Å². The molecule has 1 aromatic carbocycles. The van der Waals surface area contributed by atoms with Gasteiger partial charge in [0.05, 0.1) is 0 Å². The third-order valence-corrected chi connectivity index (χ3v) is 2.54. The molecule has 16 heavy (non-hydrogen) atoms. The first-order valence-electron chi connectivity index (χ1n) is 5.74. The first-order chi connectivity index (χ1) is 7.92. The molecule has 0 aliphatic heterocycles. The van der Waals surface area contributed by atoms with E-state index in [0.717, 1.165) is 23.9 Å². The molecule has 0 fully saturated rings. The summed E-state index contributed by atoms with van der Waals surface area (Å²) >= 11 is 0. The van der Waals surface area contributed by atoms with Crippen molar-refractivity contribution >= 4 is 10.8 Å². The Hall–Kier alpha value is -1.81. The lowest BCUT2D eigenvalue weighted by atomic mass is 10.1. The molecule has 1 heterocycles. The lowest BCUT2D eigenvalue weighted by Crippen LogP contribution is -1.84. The number of pyridine rings is 1. The lowest BCUT2D eigenvalue weighted by Gasteiger charge is -1.98. The fraction of sp³-hybridized carbons (Fsp3) is 0.267. The second kappa shape index (κ2) is 5.32. The number of hydrogen-bond acceptors (Lipinski definition) is 1. The molecular formula is C15H15N. The van der Waals surface area contributed by atoms with E-state index >= 15 is 0 Å². The van der Waals surface area contributed by atoms with E-state index in [-0.39, 0.29) is 0 Å². The Kier molecular flexibility index (Phi) is 3.56. The molecule has 0 aliphatic rings. The van der Waals surface area contributed by atoms with Crippen molar-refractivity contribution in [1.29, 1.82) is 0 Å². The third kappa shape index (κ3) is 2.41. The maximum absolute atomic E-state index is 4.33. The smallest absolute Gasteiger partial charge is 0.120 e. The van der Waals surface area contributed by atoms with Gasteiger partial charge in [0.15, 0.2) is 0 Å². The highest BCUT2D eigenvalue weighted by Gasteiger charge is 1.97. The van der Waals surface area contributed by atoms with Gasteiger partial charge in [0, 0.05) is 18.0 Å². The van der Waals surface area contributed by atoms with E-state index in [9.17, 15) is 0 Å². The van der Waals surface area contributed by atoms with Crippen LogP contribution in [0.15, 0.2) is 36.5 Å². The van der Waals surface area contributed by atoms with Crippen LogP contribution in [0.4, 0.5) is 0 Å². The molecule has 0 N–H and O–H groups in total. The van der Waals surface area contributed by atoms with Crippen LogP contribution in [0.2, 0.25) is 0 Å². The molecule has 0 saturated carbocycles. The molecule has 80 valence electrons. The van der Waals surface area contributed by atoms with Crippen molar-refractivity contribution in [3.8, 4) is 11.8 Å². The van der Waals surface area contributed by atoms with Crippen LogP contribution >= 0.6 is 0 Å². The van der Waals surface area contributed by atoms with Gasteiger partial charge < -0.3 is 0 Å². The van der Waals surface area contributed by atoms with Gasteiger partial charge in [-0.1, -0.05) is 43.5 Å². The summed E-state index contributed by atoms with van der Waals surface area (Å²) in [6.07, 6.45) is 5.14. The molecule has 0 aliphatic carbocycles. The molecule has 0 bridgehead atoms. The standard InChI is InChI=1S/C15H15N/c1-2-3-4-5-10-15-14-9-7-6-8-13(14)11-12-16-15/h6-9,11-12H,2-4H2,1H3. The van der Waals surface area contributed by atoms with Gasteiger partial charge in [-0.25, -0.2) is 4.98 Å². The Bertz CT molecular complexity index is 526. The molecule has 1 heteroatoms. The van der Waals surface area contributed by atoms with Crippen molar-refractivity contribution in [3.63, 3.8) is 0 Å². The summed E-state index contributed by atoms with van der Waals surface area (Å²) in [5.41, 5.74) is 0.897. The van der Waals surface area contributed by atoms with Crippen molar-refractivity contribution in [2.24, 2.45) is 0 Å². The van der Waals surface area contributed by atoms with Gasteiger partial charge in [0.2, 0.25) is 0 Å². The summed E-state index contributed by atoms with van der Waals surface area (Å²) < 4.78 is 0. The fourth-order valence-electron chi connectivity index (χ4n) is 1.63. The molecule has 1 nitrogen and oxygen atoms in total. The predicted molar refractivity (Wildman–Crippen MR) is 68.1 cm³/mol. The van der Waals surface area contributed by atoms with Crippen LogP contribution in [0.5, 0.6) is 0 Å². The predicted octanol–water partition coefficient (Wildman–Crippen LogP) is 3.78. The van der Waals surface area contributed by atoms with Crippen LogP contribution in [0, 0.1) is 11.8 Å². The second-order valence-electron chi connectivity index (χ2n) is 3.79. The number of unbranched alkanes of at least 4 members (excludes halogenated alkanes) is 2. The van der Waals surface area contributed by atoms with Crippen LogP contribution in [0.1, 0.15) is 31.9 Å². The Balaban J connectivity index is 2.32. The molecule has 0 unspecified atom stereocenters. The number of fused-ring (bicyclic) bond motifs is 1. The zero-order valence-electron chi connectivity index (χ0n) is 9.53. The minimum Gasteiger partial charge on any atom is -0.247 e. The van der Waals surface area contributed by atoms with Gasteiger partial charge in [-0.15, -0.1) is 0 Å². The molecular weight excluding hydrogens is 194 g/mol. The molecule has 0 amide bonds. The van der Waals surface area contributed by atoms with Crippen molar-refractivity contribution in [1.82, 2.24) is 4.98 Å². The highest BCUT2D eigenvalue weighted by molar-refractivity contribution is 5.86. The fourth-order valence-corrected chi connectivity index (χ4v) is 1.63. The van der Waals surface area contributed by atoms with Gasteiger partial charge in [-0.05, 0) is 23.8 Å². The van der Waals surface area contributed by atoms with E-state index in [2.05, 4.69) is 35.9 Å². The quantitative estimate of drug-likeness (QED) is 0.542. The first-order valence-corrected chi connectivity index (χ1v) is 5.74. The normalized spacial score (nSPS) is 9.81. The lowest BCUT2D eigenvalue weighted by molar-refractivity contribution is 0.828. The second-order valence-corrected chi connectivity index (χ2v) is 3.79. The number of benzene rings is 1. The zero-order valence-corrected chi connectivity index (χ0v) is 9.53. The Morgan fingerprint density at radius 1 is 1.19 bits per heavy atom. The largest absolute Gasteiger partial charge is 0.247 e. The minimum absolute atomic E-state index is 0.897. The zero-order chi connectivity index (χ0) is 11.2. The number of rotatable bonds is 2. The van der Waals surface area contributed by atoms with E-state index in [1.165, 1.54) is 11.8 Å². The number of nitrogens with zero attached hydrogens (tertiary/aromatic N) is 1. The van der Waals surface area contributed by atoms with E-state index in [1.807, 2.05) is 24.4 Å². The molecule has 0 atom stereocenters. The average molecular weight is 209 g/mol. The van der Waals surface area contributed by atoms with Gasteiger partial charge in [0.1, 0.15) is 5.69 Å². The molecule has 0 saturated heterocycles. The Morgan fingerprint density at radius 2 is 2.06 bits per heavy atom. The van der Waals surface area contributed by atoms with Crippen molar-refractivity contribution < 1.29 is 0 Å². The SMILES string of the molecule is CCCCC#Cc1nccc2ccccc12. The summed E-state index contributed by atoms with van der Waals surface area (Å²) in [6.45, 7) is 2.18. The van der Waals surface area contributed by atoms with Gasteiger partial charge in [-0.2, -0.15) is 0 Å². The summed E-state index contributed by atoms with van der Waals surface area (Å²) in [5.74, 6) is 6.34. The summed E-state index contributed by atoms with van der Waals surface area (Å²) in [4.78, 5) is 4.33. The summed E-state index contributed by atoms with van der Waals surface area (Å²) in [7, 11) is 0. The average Bonchev–Trinajstić information content (AvgIpc) is 2.35. The highest BCUT2D eigenvalue weighted by Crippen LogP contribution is 2.15. The topological polar surface area (TPSA) is 12.9 Å². The van der Waals surface area contributed by atoms with Gasteiger partial charge in [-0.3, -0.25) is 0 Å². The molecule has 2 rings (SSSR count). The molecule has 0 spiro atoms. The monoisotopic (exact) mass is 209 g/mol. The minimum atomic E-state index is 0.897. The number of aromatic nitrogens is 1. The van der Waals surface area contributed by atoms with Crippen LogP contribution in [0.25, 0.3) is 10.8 Å². The first kappa shape index (κ1) is 10.7. The Morgan fingerprint density at radius 3 is 2.94 bits per heavy atom. The van der Waals surface area contributed by atoms with E-state index in [0.29, 0.717) is 0 Å². The number of hydrogen-bond donors (Lipinski definition) is 0. The maximum atomic E-state index is 4.33. The third-order valence-electron chi connectivity index (χ3n) is 2.54. The molecule has 2 aromatic rings. The van der Waals surface area contributed by atoms with Crippen LogP contribution in [-0.4, -0.2) is 4.98 Å². The van der Waals surface area contributed by atoms with E-state index in [4.69, 9.17) is 0 Å². The molecule has 1 aromatic heterocycles.